The van der Waals surface area contributed by atoms with Gasteiger partial charge in [0.1, 0.15) is 5.69 Å². The number of nitrogens with zero attached hydrogens (tertiary/aromatic N) is 3. The first-order valence-corrected chi connectivity index (χ1v) is 4.23. The molecule has 0 aliphatic heterocycles. The SMILES string of the molecule is CON(C)C(=O)c1cn(CCN)cn1. The maximum Gasteiger partial charge on any atom is 0.297 e. The highest BCUT2D eigenvalue weighted by Gasteiger charge is 2.13. The van der Waals surface area contributed by atoms with Crippen LogP contribution in [0.1, 0.15) is 10.5 Å². The molecule has 0 saturated carbocycles. The molecule has 0 atom stereocenters. The minimum Gasteiger partial charge on any atom is -0.335 e. The van der Waals surface area contributed by atoms with Crippen molar-refractivity contribution in [3.05, 3.63) is 18.2 Å². The van der Waals surface area contributed by atoms with Gasteiger partial charge in [-0.05, 0) is 0 Å². The Kier molecular flexibility index (Phi) is 3.61. The Balaban J connectivity index is 2.71. The summed E-state index contributed by atoms with van der Waals surface area (Å²) in [6.45, 7) is 1.17. The first-order valence-electron chi connectivity index (χ1n) is 4.23. The summed E-state index contributed by atoms with van der Waals surface area (Å²) in [5.41, 5.74) is 5.71. The summed E-state index contributed by atoms with van der Waals surface area (Å²) in [6.07, 6.45) is 3.22. The van der Waals surface area contributed by atoms with Gasteiger partial charge in [0.05, 0.1) is 13.4 Å². The van der Waals surface area contributed by atoms with E-state index in [-0.39, 0.29) is 5.91 Å². The van der Waals surface area contributed by atoms with Gasteiger partial charge in [0.25, 0.3) is 5.91 Å². The fourth-order valence-electron chi connectivity index (χ4n) is 0.986. The number of carbonyl (C=O) groups is 1. The van der Waals surface area contributed by atoms with Gasteiger partial charge < -0.3 is 10.3 Å². The quantitative estimate of drug-likeness (QED) is 0.660. The van der Waals surface area contributed by atoms with E-state index in [4.69, 9.17) is 10.6 Å². The predicted octanol–water partition coefficient (Wildman–Crippen LogP) is -0.525. The maximum absolute atomic E-state index is 11.5. The van der Waals surface area contributed by atoms with E-state index in [1.807, 2.05) is 0 Å². The van der Waals surface area contributed by atoms with E-state index >= 15 is 0 Å². The van der Waals surface area contributed by atoms with Crippen molar-refractivity contribution < 1.29 is 9.63 Å². The van der Waals surface area contributed by atoms with E-state index in [9.17, 15) is 4.79 Å². The second-order valence-electron chi connectivity index (χ2n) is 2.77. The molecule has 0 bridgehead atoms. The van der Waals surface area contributed by atoms with E-state index in [2.05, 4.69) is 4.98 Å². The van der Waals surface area contributed by atoms with Gasteiger partial charge in [-0.1, -0.05) is 0 Å². The largest absolute Gasteiger partial charge is 0.335 e. The standard InChI is InChI=1S/C8H14N4O2/c1-11(14-2)8(13)7-5-12(4-3-9)6-10-7/h5-6H,3-4,9H2,1-2H3. The molecule has 1 rings (SSSR count). The van der Waals surface area contributed by atoms with Crippen molar-refractivity contribution in [1.29, 1.82) is 0 Å². The fraction of sp³-hybridized carbons (Fsp3) is 0.500. The van der Waals surface area contributed by atoms with Crippen LogP contribution in [0.2, 0.25) is 0 Å². The van der Waals surface area contributed by atoms with Gasteiger partial charge in [-0.25, -0.2) is 10.0 Å². The normalized spacial score (nSPS) is 10.2. The van der Waals surface area contributed by atoms with Crippen LogP contribution in [0.15, 0.2) is 12.5 Å². The van der Waals surface area contributed by atoms with Gasteiger partial charge in [0.2, 0.25) is 0 Å². The summed E-state index contributed by atoms with van der Waals surface area (Å²) < 4.78 is 1.76. The lowest BCUT2D eigenvalue weighted by molar-refractivity contribution is -0.0760. The van der Waals surface area contributed by atoms with Crippen LogP contribution in [-0.4, -0.2) is 41.2 Å². The van der Waals surface area contributed by atoms with Gasteiger partial charge in [-0.3, -0.25) is 9.63 Å². The Morgan fingerprint density at radius 2 is 2.50 bits per heavy atom. The number of hydrogen-bond donors (Lipinski definition) is 1. The predicted molar refractivity (Wildman–Crippen MR) is 50.4 cm³/mol. The molecule has 0 unspecified atom stereocenters. The van der Waals surface area contributed by atoms with Crippen LogP contribution in [0.4, 0.5) is 0 Å². The Hall–Kier alpha value is -1.40. The second kappa shape index (κ2) is 4.73. The highest BCUT2D eigenvalue weighted by Crippen LogP contribution is 2.00. The molecule has 14 heavy (non-hydrogen) atoms. The van der Waals surface area contributed by atoms with Gasteiger partial charge in [0.15, 0.2) is 0 Å². The molecular weight excluding hydrogens is 184 g/mol. The van der Waals surface area contributed by atoms with Crippen LogP contribution in [0.25, 0.3) is 0 Å². The van der Waals surface area contributed by atoms with Crippen molar-refractivity contribution in [2.45, 2.75) is 6.54 Å². The summed E-state index contributed by atoms with van der Waals surface area (Å²) >= 11 is 0. The Bertz CT molecular complexity index is 310. The molecule has 0 aromatic carbocycles. The van der Waals surface area contributed by atoms with Crippen molar-refractivity contribution in [2.75, 3.05) is 20.7 Å². The molecule has 78 valence electrons. The molecule has 0 radical (unpaired) electrons. The molecule has 1 amide bonds. The number of aromatic nitrogens is 2. The minimum absolute atomic E-state index is 0.275. The summed E-state index contributed by atoms with van der Waals surface area (Å²) in [5, 5.41) is 1.12. The second-order valence-corrected chi connectivity index (χ2v) is 2.77. The van der Waals surface area contributed by atoms with Crippen LogP contribution in [0, 0.1) is 0 Å². The molecule has 0 saturated heterocycles. The first kappa shape index (κ1) is 10.7. The summed E-state index contributed by atoms with van der Waals surface area (Å²) in [6, 6.07) is 0. The van der Waals surface area contributed by atoms with E-state index in [1.54, 1.807) is 17.1 Å². The molecule has 1 aromatic heterocycles. The number of amides is 1. The number of hydrogen-bond acceptors (Lipinski definition) is 4. The fourth-order valence-corrected chi connectivity index (χ4v) is 0.986. The number of imidazole rings is 1. The lowest BCUT2D eigenvalue weighted by Crippen LogP contribution is -2.25. The van der Waals surface area contributed by atoms with Crippen LogP contribution in [0.5, 0.6) is 0 Å². The number of hydroxylamine groups is 2. The lowest BCUT2D eigenvalue weighted by atomic mass is 10.4. The van der Waals surface area contributed by atoms with E-state index in [0.717, 1.165) is 5.06 Å². The molecule has 6 nitrogen and oxygen atoms in total. The molecule has 1 heterocycles. The molecule has 0 fully saturated rings. The number of nitrogens with two attached hydrogens (primary N) is 1. The Labute approximate surface area is 82.2 Å². The van der Waals surface area contributed by atoms with Crippen molar-refractivity contribution in [2.24, 2.45) is 5.73 Å². The zero-order valence-electron chi connectivity index (χ0n) is 8.30. The molecular formula is C8H14N4O2. The number of carbonyl (C=O) groups excluding carboxylic acids is 1. The van der Waals surface area contributed by atoms with Gasteiger partial charge in [-0.15, -0.1) is 0 Å². The van der Waals surface area contributed by atoms with Gasteiger partial charge in [-0.2, -0.15) is 0 Å². The number of rotatable bonds is 4. The summed E-state index contributed by atoms with van der Waals surface area (Å²) in [5.74, 6) is -0.275. The van der Waals surface area contributed by atoms with Crippen LogP contribution < -0.4 is 5.73 Å². The molecule has 6 heteroatoms. The molecule has 1 aromatic rings. The van der Waals surface area contributed by atoms with E-state index in [1.165, 1.54) is 14.2 Å². The third kappa shape index (κ3) is 2.30. The van der Waals surface area contributed by atoms with Crippen molar-refractivity contribution in [3.8, 4) is 0 Å². The molecule has 0 aliphatic carbocycles. The average molecular weight is 198 g/mol. The average Bonchev–Trinajstić information content (AvgIpc) is 2.64. The molecule has 2 N–H and O–H groups in total. The highest BCUT2D eigenvalue weighted by atomic mass is 16.7. The first-order chi connectivity index (χ1) is 6.69. The zero-order valence-corrected chi connectivity index (χ0v) is 8.30. The smallest absolute Gasteiger partial charge is 0.297 e. The van der Waals surface area contributed by atoms with Crippen LogP contribution in [-0.2, 0) is 11.4 Å². The summed E-state index contributed by atoms with van der Waals surface area (Å²) in [4.78, 5) is 20.2. The maximum atomic E-state index is 11.5. The van der Waals surface area contributed by atoms with Crippen molar-refractivity contribution in [1.82, 2.24) is 14.6 Å². The minimum atomic E-state index is -0.275. The van der Waals surface area contributed by atoms with Crippen LogP contribution >= 0.6 is 0 Å². The Morgan fingerprint density at radius 1 is 1.79 bits per heavy atom. The monoisotopic (exact) mass is 198 g/mol. The van der Waals surface area contributed by atoms with Crippen molar-refractivity contribution in [3.63, 3.8) is 0 Å². The van der Waals surface area contributed by atoms with Crippen LogP contribution in [0.3, 0.4) is 0 Å². The summed E-state index contributed by atoms with van der Waals surface area (Å²) in [7, 11) is 2.96. The molecule has 0 spiro atoms. The third-order valence-corrected chi connectivity index (χ3v) is 1.80. The van der Waals surface area contributed by atoms with E-state index < -0.39 is 0 Å². The molecule has 0 aliphatic rings. The van der Waals surface area contributed by atoms with Gasteiger partial charge >= 0.3 is 0 Å². The topological polar surface area (TPSA) is 73.4 Å². The van der Waals surface area contributed by atoms with Crippen molar-refractivity contribution >= 4 is 5.91 Å². The lowest BCUT2D eigenvalue weighted by Gasteiger charge is -2.10. The van der Waals surface area contributed by atoms with E-state index in [0.29, 0.717) is 18.8 Å². The van der Waals surface area contributed by atoms with Gasteiger partial charge in [0, 0.05) is 26.3 Å². The highest BCUT2D eigenvalue weighted by molar-refractivity contribution is 5.91. The third-order valence-electron chi connectivity index (χ3n) is 1.80. The zero-order chi connectivity index (χ0) is 10.6. The Morgan fingerprint density at radius 3 is 3.07 bits per heavy atom.